The van der Waals surface area contributed by atoms with Crippen molar-refractivity contribution in [2.24, 2.45) is 13.0 Å². The SMILES string of the molecule is CCOC(=O)c1c(NC(=O)CSc2nnc(-c3c(Cl)c(C)nn3C)n2Cc2ccco2)sc2c1CC[C@H](C)C2. The lowest BCUT2D eigenvalue weighted by Crippen LogP contribution is -2.18. The number of ether oxygens (including phenoxy) is 1. The predicted octanol–water partition coefficient (Wildman–Crippen LogP) is 5.38. The molecular weight excluding hydrogens is 560 g/mol. The van der Waals surface area contributed by atoms with Crippen molar-refractivity contribution in [3.05, 3.63) is 50.9 Å². The van der Waals surface area contributed by atoms with Crippen molar-refractivity contribution in [3.8, 4) is 11.5 Å². The number of fused-ring (bicyclic) bond motifs is 1. The minimum atomic E-state index is -0.390. The van der Waals surface area contributed by atoms with Crippen LogP contribution in [0.3, 0.4) is 0 Å². The molecule has 0 radical (unpaired) electrons. The molecule has 0 bridgehead atoms. The van der Waals surface area contributed by atoms with Gasteiger partial charge in [-0.2, -0.15) is 5.10 Å². The summed E-state index contributed by atoms with van der Waals surface area (Å²) in [6.45, 7) is 6.43. The summed E-state index contributed by atoms with van der Waals surface area (Å²) in [5.74, 6) is 1.19. The summed E-state index contributed by atoms with van der Waals surface area (Å²) in [7, 11) is 1.79. The molecule has 1 aliphatic rings. The Kier molecular flexibility index (Phi) is 8.15. The Labute approximate surface area is 239 Å². The first kappa shape index (κ1) is 27.5. The van der Waals surface area contributed by atoms with Crippen molar-refractivity contribution in [2.75, 3.05) is 17.7 Å². The molecule has 0 aromatic carbocycles. The van der Waals surface area contributed by atoms with Crippen LogP contribution in [0.15, 0.2) is 28.0 Å². The lowest BCUT2D eigenvalue weighted by molar-refractivity contribution is -0.113. The highest BCUT2D eigenvalue weighted by atomic mass is 35.5. The Bertz CT molecular complexity index is 1510. The third-order valence-electron chi connectivity index (χ3n) is 6.55. The van der Waals surface area contributed by atoms with E-state index in [1.807, 2.05) is 23.6 Å². The number of furan rings is 1. The maximum atomic E-state index is 13.1. The van der Waals surface area contributed by atoms with Crippen molar-refractivity contribution < 1.29 is 18.7 Å². The highest BCUT2D eigenvalue weighted by Gasteiger charge is 2.29. The van der Waals surface area contributed by atoms with E-state index >= 15 is 0 Å². The van der Waals surface area contributed by atoms with Crippen molar-refractivity contribution in [2.45, 2.75) is 51.7 Å². The molecule has 0 saturated heterocycles. The van der Waals surface area contributed by atoms with Gasteiger partial charge in [-0.15, -0.1) is 21.5 Å². The van der Waals surface area contributed by atoms with Gasteiger partial charge in [0, 0.05) is 11.9 Å². The van der Waals surface area contributed by atoms with Crippen LogP contribution in [0.1, 0.15) is 52.5 Å². The van der Waals surface area contributed by atoms with Gasteiger partial charge >= 0.3 is 5.97 Å². The number of aryl methyl sites for hydroxylation is 2. The quantitative estimate of drug-likeness (QED) is 0.205. The summed E-state index contributed by atoms with van der Waals surface area (Å²) in [4.78, 5) is 27.1. The smallest absolute Gasteiger partial charge is 0.341 e. The van der Waals surface area contributed by atoms with Crippen LogP contribution in [0.5, 0.6) is 0 Å². The van der Waals surface area contributed by atoms with Gasteiger partial charge in [-0.05, 0) is 56.7 Å². The summed E-state index contributed by atoms with van der Waals surface area (Å²) < 4.78 is 14.4. The number of halogens is 1. The molecular formula is C26H29ClN6O4S2. The van der Waals surface area contributed by atoms with Crippen LogP contribution in [-0.2, 0) is 36.0 Å². The van der Waals surface area contributed by atoms with E-state index in [4.69, 9.17) is 20.8 Å². The lowest BCUT2D eigenvalue weighted by atomic mass is 9.88. The number of anilines is 1. The number of hydrogen-bond acceptors (Lipinski definition) is 9. The molecule has 0 aliphatic heterocycles. The monoisotopic (exact) mass is 588 g/mol. The van der Waals surface area contributed by atoms with E-state index in [0.29, 0.717) is 56.2 Å². The van der Waals surface area contributed by atoms with Gasteiger partial charge in [-0.25, -0.2) is 4.79 Å². The zero-order chi connectivity index (χ0) is 27.7. The minimum absolute atomic E-state index is 0.0651. The maximum Gasteiger partial charge on any atom is 0.341 e. The Balaban J connectivity index is 1.38. The summed E-state index contributed by atoms with van der Waals surface area (Å²) >= 11 is 9.26. The molecule has 1 N–H and O–H groups in total. The second-order valence-electron chi connectivity index (χ2n) is 9.46. The highest BCUT2D eigenvalue weighted by molar-refractivity contribution is 7.99. The standard InChI is InChI=1S/C26H29ClN6O4S2/c1-5-36-25(35)20-17-9-8-14(2)11-18(17)39-24(20)28-19(34)13-38-26-30-29-23(22-21(27)15(3)31-32(22)4)33(26)12-16-7-6-10-37-16/h6-7,10,14H,5,8-9,11-13H2,1-4H3,(H,28,34)/t14-/m0/s1. The summed E-state index contributed by atoms with van der Waals surface area (Å²) in [6.07, 6.45) is 4.31. The van der Waals surface area contributed by atoms with Crippen LogP contribution in [0, 0.1) is 12.8 Å². The van der Waals surface area contributed by atoms with Gasteiger partial charge in [-0.1, -0.05) is 30.3 Å². The number of nitrogens with one attached hydrogen (secondary N) is 1. The number of aromatic nitrogens is 5. The van der Waals surface area contributed by atoms with Gasteiger partial charge in [0.05, 0.1) is 41.4 Å². The predicted molar refractivity (Wildman–Crippen MR) is 151 cm³/mol. The van der Waals surface area contributed by atoms with Gasteiger partial charge in [0.15, 0.2) is 11.0 Å². The fraction of sp³-hybridized carbons (Fsp3) is 0.423. The average Bonchev–Trinajstić information content (AvgIpc) is 3.66. The Hall–Kier alpha value is -3.09. The molecule has 10 nitrogen and oxygen atoms in total. The van der Waals surface area contributed by atoms with Gasteiger partial charge in [-0.3, -0.25) is 14.0 Å². The van der Waals surface area contributed by atoms with Crippen LogP contribution >= 0.6 is 34.7 Å². The van der Waals surface area contributed by atoms with Gasteiger partial charge in [0.25, 0.3) is 0 Å². The van der Waals surface area contributed by atoms with Crippen LogP contribution < -0.4 is 5.32 Å². The lowest BCUT2D eigenvalue weighted by Gasteiger charge is -2.18. The Morgan fingerprint density at radius 3 is 2.87 bits per heavy atom. The summed E-state index contributed by atoms with van der Waals surface area (Å²) in [5, 5.41) is 17.7. The third-order valence-corrected chi connectivity index (χ3v) is 9.14. The van der Waals surface area contributed by atoms with Crippen LogP contribution in [0.2, 0.25) is 5.02 Å². The Morgan fingerprint density at radius 1 is 1.36 bits per heavy atom. The normalized spacial score (nSPS) is 14.8. The first-order valence-electron chi connectivity index (χ1n) is 12.7. The van der Waals surface area contributed by atoms with E-state index in [1.165, 1.54) is 23.1 Å². The van der Waals surface area contributed by atoms with E-state index in [0.717, 1.165) is 29.7 Å². The van der Waals surface area contributed by atoms with E-state index in [2.05, 4.69) is 27.5 Å². The van der Waals surface area contributed by atoms with Gasteiger partial charge < -0.3 is 14.5 Å². The largest absolute Gasteiger partial charge is 0.467 e. The number of thioether (sulfide) groups is 1. The number of esters is 1. The number of rotatable bonds is 9. The molecule has 206 valence electrons. The zero-order valence-corrected chi connectivity index (χ0v) is 24.5. The first-order chi connectivity index (χ1) is 18.8. The molecule has 1 aliphatic carbocycles. The van der Waals surface area contributed by atoms with Gasteiger partial charge in [0.2, 0.25) is 5.91 Å². The van der Waals surface area contributed by atoms with Crippen molar-refractivity contribution in [1.82, 2.24) is 24.5 Å². The molecule has 39 heavy (non-hydrogen) atoms. The molecule has 1 amide bonds. The molecule has 1 atom stereocenters. The van der Waals surface area contributed by atoms with E-state index in [-0.39, 0.29) is 18.3 Å². The fourth-order valence-corrected chi connectivity index (χ4v) is 7.10. The molecule has 4 aromatic heterocycles. The summed E-state index contributed by atoms with van der Waals surface area (Å²) in [5.41, 5.74) is 2.81. The van der Waals surface area contributed by atoms with Crippen LogP contribution in [0.4, 0.5) is 5.00 Å². The van der Waals surface area contributed by atoms with E-state index in [9.17, 15) is 9.59 Å². The van der Waals surface area contributed by atoms with Gasteiger partial charge in [0.1, 0.15) is 16.5 Å². The minimum Gasteiger partial charge on any atom is -0.467 e. The highest BCUT2D eigenvalue weighted by Crippen LogP contribution is 2.40. The second-order valence-corrected chi connectivity index (χ2v) is 11.9. The molecule has 0 saturated carbocycles. The van der Waals surface area contributed by atoms with E-state index in [1.54, 1.807) is 24.9 Å². The number of amides is 1. The van der Waals surface area contributed by atoms with Crippen molar-refractivity contribution in [1.29, 1.82) is 0 Å². The summed E-state index contributed by atoms with van der Waals surface area (Å²) in [6, 6.07) is 3.67. The number of carbonyl (C=O) groups is 2. The molecule has 0 fully saturated rings. The molecule has 0 spiro atoms. The topological polar surface area (TPSA) is 117 Å². The molecule has 4 aromatic rings. The zero-order valence-electron chi connectivity index (χ0n) is 22.1. The molecule has 5 rings (SSSR count). The molecule has 0 unspecified atom stereocenters. The number of hydrogen-bond donors (Lipinski definition) is 1. The van der Waals surface area contributed by atoms with Crippen molar-refractivity contribution in [3.63, 3.8) is 0 Å². The van der Waals surface area contributed by atoms with Crippen LogP contribution in [-0.4, -0.2) is 48.8 Å². The van der Waals surface area contributed by atoms with E-state index < -0.39 is 5.97 Å². The first-order valence-corrected chi connectivity index (χ1v) is 14.8. The molecule has 4 heterocycles. The maximum absolute atomic E-state index is 13.1. The third kappa shape index (κ3) is 5.64. The Morgan fingerprint density at radius 2 is 2.18 bits per heavy atom. The fourth-order valence-electron chi connectivity index (χ4n) is 4.70. The number of thiophene rings is 1. The van der Waals surface area contributed by atoms with Crippen LogP contribution in [0.25, 0.3) is 11.5 Å². The molecule has 13 heteroatoms. The van der Waals surface area contributed by atoms with Crippen molar-refractivity contribution >= 4 is 51.6 Å². The number of nitrogens with zero attached hydrogens (tertiary/aromatic N) is 5. The second kappa shape index (κ2) is 11.6. The average molecular weight is 589 g/mol. The number of carbonyl (C=O) groups excluding carboxylic acids is 2.